The highest BCUT2D eigenvalue weighted by molar-refractivity contribution is 5.80. The summed E-state index contributed by atoms with van der Waals surface area (Å²) in [7, 11) is 0. The minimum absolute atomic E-state index is 0.0824. The topological polar surface area (TPSA) is 76.7 Å². The van der Waals surface area contributed by atoms with E-state index in [0.29, 0.717) is 19.7 Å². The summed E-state index contributed by atoms with van der Waals surface area (Å²) in [6.45, 7) is 5.30. The third-order valence-corrected chi connectivity index (χ3v) is 5.11. The van der Waals surface area contributed by atoms with Crippen molar-refractivity contribution in [3.05, 3.63) is 23.8 Å². The molecule has 1 fully saturated rings. The van der Waals surface area contributed by atoms with Crippen LogP contribution in [0.5, 0.6) is 11.5 Å². The third-order valence-electron chi connectivity index (χ3n) is 5.11. The van der Waals surface area contributed by atoms with Crippen molar-refractivity contribution in [1.82, 2.24) is 10.6 Å². The fraction of sp³-hybridized carbons (Fsp3) is 0.619. The molecule has 0 atom stereocenters. The molecular formula is C21H30N2O4. The molecule has 0 radical (unpaired) electrons. The van der Waals surface area contributed by atoms with Gasteiger partial charge in [0, 0.05) is 30.9 Å². The third kappa shape index (κ3) is 5.37. The number of hydrogen-bond donors (Lipinski definition) is 2. The van der Waals surface area contributed by atoms with Gasteiger partial charge in [-0.3, -0.25) is 9.59 Å². The van der Waals surface area contributed by atoms with Gasteiger partial charge in [0.05, 0.1) is 6.54 Å². The van der Waals surface area contributed by atoms with E-state index in [1.165, 1.54) is 0 Å². The minimum atomic E-state index is -0.209. The molecule has 0 unspecified atom stereocenters. The van der Waals surface area contributed by atoms with Gasteiger partial charge in [-0.2, -0.15) is 0 Å². The summed E-state index contributed by atoms with van der Waals surface area (Å²) in [5.74, 6) is 1.67. The molecule has 1 aromatic carbocycles. The molecule has 148 valence electrons. The van der Waals surface area contributed by atoms with Crippen LogP contribution in [0.15, 0.2) is 18.2 Å². The van der Waals surface area contributed by atoms with Crippen LogP contribution in [-0.4, -0.2) is 37.1 Å². The first kappa shape index (κ1) is 19.5. The first-order chi connectivity index (χ1) is 12.9. The van der Waals surface area contributed by atoms with Crippen molar-refractivity contribution in [2.75, 3.05) is 19.7 Å². The van der Waals surface area contributed by atoms with Gasteiger partial charge in [-0.1, -0.05) is 25.0 Å². The Bertz CT molecular complexity index is 681. The normalized spacial score (nSPS) is 17.9. The summed E-state index contributed by atoms with van der Waals surface area (Å²) in [6, 6.07) is 5.91. The van der Waals surface area contributed by atoms with Gasteiger partial charge in [-0.25, -0.2) is 0 Å². The fourth-order valence-electron chi connectivity index (χ4n) is 3.77. The Morgan fingerprint density at radius 1 is 1.19 bits per heavy atom. The number of carbonyl (C=O) groups excluding carboxylic acids is 2. The zero-order chi connectivity index (χ0) is 19.3. The maximum atomic E-state index is 11.9. The lowest BCUT2D eigenvalue weighted by Gasteiger charge is -2.18. The van der Waals surface area contributed by atoms with E-state index in [9.17, 15) is 9.59 Å². The van der Waals surface area contributed by atoms with Crippen molar-refractivity contribution < 1.29 is 19.1 Å². The molecule has 3 rings (SSSR count). The predicted molar refractivity (Wildman–Crippen MR) is 103 cm³/mol. The quantitative estimate of drug-likeness (QED) is 0.686. The van der Waals surface area contributed by atoms with Crippen LogP contribution in [0.2, 0.25) is 0 Å². The average Bonchev–Trinajstić information content (AvgIpc) is 3.25. The SMILES string of the molecule is CC1(C)Cc2cccc(OCCNC(=O)CCNC(=O)C3CCCC3)c2O1. The van der Waals surface area contributed by atoms with Crippen LogP contribution in [0.1, 0.15) is 51.5 Å². The van der Waals surface area contributed by atoms with Gasteiger partial charge in [0.15, 0.2) is 11.5 Å². The zero-order valence-electron chi connectivity index (χ0n) is 16.3. The van der Waals surface area contributed by atoms with Crippen LogP contribution in [-0.2, 0) is 16.0 Å². The van der Waals surface area contributed by atoms with Crippen LogP contribution < -0.4 is 20.1 Å². The molecule has 2 N–H and O–H groups in total. The first-order valence-electron chi connectivity index (χ1n) is 9.93. The van der Waals surface area contributed by atoms with Crippen molar-refractivity contribution in [3.8, 4) is 11.5 Å². The number of para-hydroxylation sites is 1. The highest BCUT2D eigenvalue weighted by Gasteiger charge is 2.32. The largest absolute Gasteiger partial charge is 0.488 e. The molecule has 0 bridgehead atoms. The molecular weight excluding hydrogens is 344 g/mol. The van der Waals surface area contributed by atoms with Gasteiger partial charge in [0.2, 0.25) is 11.8 Å². The number of benzene rings is 1. The van der Waals surface area contributed by atoms with Crippen LogP contribution in [0, 0.1) is 5.92 Å². The molecule has 1 aromatic rings. The fourth-order valence-corrected chi connectivity index (χ4v) is 3.77. The lowest BCUT2D eigenvalue weighted by atomic mass is 10.0. The molecule has 1 heterocycles. The maximum absolute atomic E-state index is 11.9. The lowest BCUT2D eigenvalue weighted by Crippen LogP contribution is -2.34. The van der Waals surface area contributed by atoms with Crippen molar-refractivity contribution in [1.29, 1.82) is 0 Å². The van der Waals surface area contributed by atoms with E-state index in [0.717, 1.165) is 49.2 Å². The molecule has 6 heteroatoms. The maximum Gasteiger partial charge on any atom is 0.223 e. The second kappa shape index (κ2) is 8.63. The summed E-state index contributed by atoms with van der Waals surface area (Å²) in [5, 5.41) is 5.68. The van der Waals surface area contributed by atoms with Crippen molar-refractivity contribution in [2.24, 2.45) is 5.92 Å². The van der Waals surface area contributed by atoms with E-state index < -0.39 is 0 Å². The van der Waals surface area contributed by atoms with Crippen molar-refractivity contribution in [2.45, 2.75) is 58.0 Å². The van der Waals surface area contributed by atoms with Gasteiger partial charge in [0.1, 0.15) is 12.2 Å². The second-order valence-electron chi connectivity index (χ2n) is 8.00. The van der Waals surface area contributed by atoms with Gasteiger partial charge in [-0.15, -0.1) is 0 Å². The Kier molecular flexibility index (Phi) is 6.24. The first-order valence-corrected chi connectivity index (χ1v) is 9.93. The summed E-state index contributed by atoms with van der Waals surface area (Å²) < 4.78 is 11.8. The summed E-state index contributed by atoms with van der Waals surface area (Å²) in [5.41, 5.74) is 0.943. The number of amides is 2. The summed E-state index contributed by atoms with van der Waals surface area (Å²) in [4.78, 5) is 23.8. The van der Waals surface area contributed by atoms with Gasteiger partial charge < -0.3 is 20.1 Å². The van der Waals surface area contributed by atoms with E-state index in [2.05, 4.69) is 30.5 Å². The van der Waals surface area contributed by atoms with Crippen LogP contribution >= 0.6 is 0 Å². The smallest absolute Gasteiger partial charge is 0.223 e. The molecule has 2 aliphatic rings. The summed E-state index contributed by atoms with van der Waals surface area (Å²) in [6.07, 6.45) is 5.36. The molecule has 0 aromatic heterocycles. The molecule has 2 amide bonds. The standard InChI is InChI=1S/C21H30N2O4/c1-21(2)14-16-8-5-9-17(19(16)27-21)26-13-12-22-18(24)10-11-23-20(25)15-6-3-4-7-15/h5,8-9,15H,3-4,6-7,10-14H2,1-2H3,(H,22,24)(H,23,25). The lowest BCUT2D eigenvalue weighted by molar-refractivity contribution is -0.125. The van der Waals surface area contributed by atoms with E-state index in [4.69, 9.17) is 9.47 Å². The average molecular weight is 374 g/mol. The van der Waals surface area contributed by atoms with E-state index in [1.54, 1.807) is 0 Å². The van der Waals surface area contributed by atoms with Gasteiger partial charge in [0.25, 0.3) is 0 Å². The Balaban J connectivity index is 1.32. The van der Waals surface area contributed by atoms with Gasteiger partial charge >= 0.3 is 0 Å². The monoisotopic (exact) mass is 374 g/mol. The summed E-state index contributed by atoms with van der Waals surface area (Å²) >= 11 is 0. The number of ether oxygens (including phenoxy) is 2. The second-order valence-corrected chi connectivity index (χ2v) is 8.00. The highest BCUT2D eigenvalue weighted by Crippen LogP contribution is 2.41. The van der Waals surface area contributed by atoms with Crippen molar-refractivity contribution >= 4 is 11.8 Å². The zero-order valence-corrected chi connectivity index (χ0v) is 16.3. The van der Waals surface area contributed by atoms with Crippen LogP contribution in [0.3, 0.4) is 0 Å². The Hall–Kier alpha value is -2.24. The number of fused-ring (bicyclic) bond motifs is 1. The molecule has 6 nitrogen and oxygen atoms in total. The number of carbonyl (C=O) groups is 2. The molecule has 0 spiro atoms. The molecule has 1 saturated carbocycles. The van der Waals surface area contributed by atoms with Gasteiger partial charge in [-0.05, 0) is 32.8 Å². The van der Waals surface area contributed by atoms with Crippen LogP contribution in [0.25, 0.3) is 0 Å². The Labute approximate surface area is 161 Å². The molecule has 27 heavy (non-hydrogen) atoms. The van der Waals surface area contributed by atoms with E-state index in [-0.39, 0.29) is 29.8 Å². The molecule has 0 saturated heterocycles. The highest BCUT2D eigenvalue weighted by atomic mass is 16.5. The van der Waals surface area contributed by atoms with Crippen molar-refractivity contribution in [3.63, 3.8) is 0 Å². The number of hydrogen-bond acceptors (Lipinski definition) is 4. The molecule has 1 aliphatic heterocycles. The number of nitrogens with one attached hydrogen (secondary N) is 2. The van der Waals surface area contributed by atoms with E-state index in [1.807, 2.05) is 12.1 Å². The molecule has 1 aliphatic carbocycles. The Morgan fingerprint density at radius 2 is 1.96 bits per heavy atom. The van der Waals surface area contributed by atoms with E-state index >= 15 is 0 Å². The van der Waals surface area contributed by atoms with Crippen LogP contribution in [0.4, 0.5) is 0 Å². The Morgan fingerprint density at radius 3 is 2.74 bits per heavy atom. The number of rotatable bonds is 8. The predicted octanol–water partition coefficient (Wildman–Crippen LogP) is 2.59. The minimum Gasteiger partial charge on any atom is -0.488 e.